The second-order valence-electron chi connectivity index (χ2n) is 7.05. The maximum atomic E-state index is 3.56. The zero-order valence-electron chi connectivity index (χ0n) is 17.5. The first kappa shape index (κ1) is 25.9. The maximum Gasteiger partial charge on any atom is -0.0322 e. The van der Waals surface area contributed by atoms with Crippen molar-refractivity contribution in [2.45, 2.75) is 86.5 Å². The van der Waals surface area contributed by atoms with Crippen LogP contribution >= 0.6 is 9.24 Å². The van der Waals surface area contributed by atoms with Gasteiger partial charge in [-0.25, -0.2) is 0 Å². The van der Waals surface area contributed by atoms with Crippen LogP contribution in [0.4, 0.5) is 0 Å². The van der Waals surface area contributed by atoms with Gasteiger partial charge in [0.05, 0.1) is 0 Å². The molecule has 142 valence electrons. The van der Waals surface area contributed by atoms with Crippen LogP contribution in [0.1, 0.15) is 86.5 Å². The van der Waals surface area contributed by atoms with Crippen LogP contribution in [0.5, 0.6) is 0 Å². The Bertz CT molecular complexity index is 327. The largest absolute Gasteiger partial charge is 0.137 e. The molecule has 4 unspecified atom stereocenters. The van der Waals surface area contributed by atoms with Gasteiger partial charge >= 0.3 is 0 Å². The molecule has 0 aromatic heterocycles. The zero-order valence-corrected chi connectivity index (χ0v) is 18.6. The fraction of sp³-hybridized carbons (Fsp3) is 0.739. The van der Waals surface area contributed by atoms with Crippen molar-refractivity contribution < 1.29 is 0 Å². The first-order valence-corrected chi connectivity index (χ1v) is 10.9. The molecule has 0 saturated heterocycles. The van der Waals surface area contributed by atoms with Gasteiger partial charge in [-0.05, 0) is 69.9 Å². The summed E-state index contributed by atoms with van der Waals surface area (Å²) in [5.74, 6) is 2.78. The second-order valence-corrected chi connectivity index (χ2v) is 7.52. The number of allylic oxidation sites excluding steroid dienone is 5. The van der Waals surface area contributed by atoms with E-state index in [-0.39, 0.29) is 0 Å². The van der Waals surface area contributed by atoms with Crippen LogP contribution < -0.4 is 0 Å². The summed E-state index contributed by atoms with van der Waals surface area (Å²) in [6, 6.07) is 0. The van der Waals surface area contributed by atoms with Crippen molar-refractivity contribution >= 4 is 9.24 Å². The molecule has 0 heterocycles. The van der Waals surface area contributed by atoms with Crippen LogP contribution in [0.15, 0.2) is 36.5 Å². The van der Waals surface area contributed by atoms with Crippen molar-refractivity contribution in [3.05, 3.63) is 36.5 Å². The average molecular weight is 353 g/mol. The van der Waals surface area contributed by atoms with Crippen molar-refractivity contribution in [1.82, 2.24) is 0 Å². The molecule has 0 aromatic carbocycles. The number of hydrogen-bond donors (Lipinski definition) is 0. The summed E-state index contributed by atoms with van der Waals surface area (Å²) in [7, 11) is 2.95. The second kappa shape index (κ2) is 19.0. The molecule has 0 radical (unpaired) electrons. The van der Waals surface area contributed by atoms with Gasteiger partial charge in [0, 0.05) is 0 Å². The Balaban J connectivity index is 0. The Morgan fingerprint density at radius 3 is 2.21 bits per heavy atom. The van der Waals surface area contributed by atoms with Gasteiger partial charge in [-0.2, -0.15) is 0 Å². The molecule has 24 heavy (non-hydrogen) atoms. The van der Waals surface area contributed by atoms with Gasteiger partial charge in [0.1, 0.15) is 0 Å². The third-order valence-electron chi connectivity index (χ3n) is 4.83. The van der Waals surface area contributed by atoms with Gasteiger partial charge in [-0.15, -0.1) is 9.24 Å². The third kappa shape index (κ3) is 15.2. The molecular weight excluding hydrogens is 307 g/mol. The predicted molar refractivity (Wildman–Crippen MR) is 119 cm³/mol. The summed E-state index contributed by atoms with van der Waals surface area (Å²) >= 11 is 0. The monoisotopic (exact) mass is 352 g/mol. The zero-order chi connectivity index (χ0) is 18.8. The minimum Gasteiger partial charge on any atom is -0.137 e. The lowest BCUT2D eigenvalue weighted by atomic mass is 9.83. The van der Waals surface area contributed by atoms with E-state index in [1.54, 1.807) is 0 Å². The summed E-state index contributed by atoms with van der Waals surface area (Å²) in [6.07, 6.45) is 19.4. The van der Waals surface area contributed by atoms with Crippen LogP contribution in [-0.2, 0) is 0 Å². The third-order valence-corrected chi connectivity index (χ3v) is 5.44. The molecular formula is C23H45P. The summed E-state index contributed by atoms with van der Waals surface area (Å²) in [4.78, 5) is 0. The van der Waals surface area contributed by atoms with E-state index in [4.69, 9.17) is 0 Å². The lowest BCUT2D eigenvalue weighted by Gasteiger charge is -2.25. The smallest absolute Gasteiger partial charge is 0.0322 e. The Morgan fingerprint density at radius 2 is 1.79 bits per heavy atom. The molecule has 1 aliphatic rings. The highest BCUT2D eigenvalue weighted by atomic mass is 31.0. The summed E-state index contributed by atoms with van der Waals surface area (Å²) in [5.41, 5.74) is 1.23. The van der Waals surface area contributed by atoms with Gasteiger partial charge in [-0.1, -0.05) is 77.0 Å². The van der Waals surface area contributed by atoms with E-state index in [1.807, 2.05) is 26.0 Å². The van der Waals surface area contributed by atoms with Crippen molar-refractivity contribution in [3.8, 4) is 0 Å². The molecule has 1 heteroatoms. The normalized spacial score (nSPS) is 26.1. The number of rotatable bonds is 3. The Hall–Kier alpha value is -0.350. The van der Waals surface area contributed by atoms with Crippen molar-refractivity contribution in [2.24, 2.45) is 17.8 Å². The predicted octanol–water partition coefficient (Wildman–Crippen LogP) is 8.22. The first-order chi connectivity index (χ1) is 11.5. The van der Waals surface area contributed by atoms with E-state index in [2.05, 4.69) is 55.7 Å². The van der Waals surface area contributed by atoms with Crippen LogP contribution in [0.25, 0.3) is 0 Å². The van der Waals surface area contributed by atoms with Gasteiger partial charge in [0.2, 0.25) is 0 Å². The van der Waals surface area contributed by atoms with Crippen molar-refractivity contribution in [3.63, 3.8) is 0 Å². The molecule has 0 bridgehead atoms. The lowest BCUT2D eigenvalue weighted by Crippen LogP contribution is -2.15. The van der Waals surface area contributed by atoms with Crippen molar-refractivity contribution in [2.75, 3.05) is 6.16 Å². The van der Waals surface area contributed by atoms with Gasteiger partial charge < -0.3 is 0 Å². The summed E-state index contributed by atoms with van der Waals surface area (Å²) < 4.78 is 0. The Morgan fingerprint density at radius 1 is 1.17 bits per heavy atom. The maximum absolute atomic E-state index is 3.56. The summed E-state index contributed by atoms with van der Waals surface area (Å²) in [5, 5.41) is 0. The van der Waals surface area contributed by atoms with E-state index in [0.717, 1.165) is 17.8 Å². The van der Waals surface area contributed by atoms with Crippen LogP contribution in [0.3, 0.4) is 0 Å². The van der Waals surface area contributed by atoms with Crippen molar-refractivity contribution in [1.29, 1.82) is 0 Å². The minimum absolute atomic E-state index is 0.905. The highest BCUT2D eigenvalue weighted by molar-refractivity contribution is 7.16. The van der Waals surface area contributed by atoms with E-state index < -0.39 is 0 Å². The van der Waals surface area contributed by atoms with Crippen LogP contribution in [-0.4, -0.2) is 6.16 Å². The number of hydrogen-bond acceptors (Lipinski definition) is 0. The highest BCUT2D eigenvalue weighted by Crippen LogP contribution is 2.29. The molecule has 0 aromatic rings. The molecule has 0 fully saturated rings. The van der Waals surface area contributed by atoms with E-state index in [1.165, 1.54) is 56.7 Å². The standard InChI is InChI=1S/C14H27P.C6H10.C3H8/c1-3-13-8-6-4-5-7-12(2)14(11-15)10-9-13;1-4-6(3)5-2;1-3-2/h4,6,12-14H,3,5,7-11,15H2,1-2H3;4-5H,1H2,2-3H3;3H2,1-2H3/b6-4-;6-5+;. The lowest BCUT2D eigenvalue weighted by molar-refractivity contribution is 0.310. The Labute approximate surface area is 156 Å². The quantitative estimate of drug-likeness (QED) is 0.273. The molecule has 0 aliphatic heterocycles. The molecule has 0 saturated carbocycles. The minimum atomic E-state index is 0.905. The average Bonchev–Trinajstić information content (AvgIpc) is 2.60. The molecule has 1 rings (SSSR count). The molecule has 1 aliphatic carbocycles. The topological polar surface area (TPSA) is 0 Å². The highest BCUT2D eigenvalue weighted by Gasteiger charge is 2.17. The molecule has 0 spiro atoms. The van der Waals surface area contributed by atoms with Gasteiger partial charge in [0.25, 0.3) is 0 Å². The first-order valence-electron chi connectivity index (χ1n) is 10.1. The van der Waals surface area contributed by atoms with E-state index in [9.17, 15) is 0 Å². The summed E-state index contributed by atoms with van der Waals surface area (Å²) in [6.45, 7) is 16.6. The van der Waals surface area contributed by atoms with Gasteiger partial charge in [-0.3, -0.25) is 0 Å². The fourth-order valence-electron chi connectivity index (χ4n) is 2.69. The van der Waals surface area contributed by atoms with E-state index in [0.29, 0.717) is 0 Å². The van der Waals surface area contributed by atoms with Crippen LogP contribution in [0, 0.1) is 17.8 Å². The molecule has 0 amide bonds. The van der Waals surface area contributed by atoms with Gasteiger partial charge in [0.15, 0.2) is 0 Å². The fourth-order valence-corrected chi connectivity index (χ4v) is 3.39. The molecule has 0 nitrogen and oxygen atoms in total. The molecule has 4 atom stereocenters. The van der Waals surface area contributed by atoms with Crippen LogP contribution in [0.2, 0.25) is 0 Å². The molecule has 0 N–H and O–H groups in total. The Kier molecular flexibility index (Phi) is 20.5. The SMILES string of the molecule is C=C/C(C)=C/C.CCC.CCC1C/C=C\CCC(C)C(CP)CC1. The van der Waals surface area contributed by atoms with E-state index >= 15 is 0 Å².